The van der Waals surface area contributed by atoms with Crippen LogP contribution >= 0.6 is 0 Å². The zero-order valence-electron chi connectivity index (χ0n) is 20.6. The number of aryl methyl sites for hydroxylation is 1. The first-order valence-corrected chi connectivity index (χ1v) is 12.0. The van der Waals surface area contributed by atoms with Gasteiger partial charge in [0.2, 0.25) is 0 Å². The molecule has 8 heteroatoms. The molecule has 1 saturated carbocycles. The number of hydrogen-bond acceptors (Lipinski definition) is 6. The predicted octanol–water partition coefficient (Wildman–Crippen LogP) is 2.34. The second-order valence-electron chi connectivity index (χ2n) is 10.2. The van der Waals surface area contributed by atoms with Gasteiger partial charge >= 0.3 is 5.97 Å². The molecule has 1 fully saturated rings. The van der Waals surface area contributed by atoms with E-state index >= 15 is 0 Å². The first-order valence-electron chi connectivity index (χ1n) is 12.0. The van der Waals surface area contributed by atoms with Gasteiger partial charge in [0.05, 0.1) is 13.2 Å². The predicted molar refractivity (Wildman–Crippen MR) is 126 cm³/mol. The van der Waals surface area contributed by atoms with E-state index in [2.05, 4.69) is 5.32 Å². The number of aliphatic hydroxyl groups is 2. The van der Waals surface area contributed by atoms with Crippen molar-refractivity contribution in [1.29, 1.82) is 0 Å². The van der Waals surface area contributed by atoms with Gasteiger partial charge in [-0.2, -0.15) is 0 Å². The van der Waals surface area contributed by atoms with Gasteiger partial charge in [-0.3, -0.25) is 9.59 Å². The van der Waals surface area contributed by atoms with E-state index in [0.29, 0.717) is 18.9 Å². The van der Waals surface area contributed by atoms with Crippen molar-refractivity contribution in [2.45, 2.75) is 91.8 Å². The Morgan fingerprint density at radius 2 is 1.79 bits per heavy atom. The molecule has 2 rings (SSSR count). The van der Waals surface area contributed by atoms with E-state index in [-0.39, 0.29) is 11.1 Å². The topological polar surface area (TPSA) is 118 Å². The number of aromatic nitrogens is 1. The summed E-state index contributed by atoms with van der Waals surface area (Å²) in [7, 11) is 0. The molecule has 0 aromatic carbocycles. The summed E-state index contributed by atoms with van der Waals surface area (Å²) in [4.78, 5) is 39.3. The van der Waals surface area contributed by atoms with Gasteiger partial charge in [-0.15, -0.1) is 0 Å². The first-order chi connectivity index (χ1) is 15.5. The van der Waals surface area contributed by atoms with Gasteiger partial charge in [-0.05, 0) is 49.1 Å². The van der Waals surface area contributed by atoms with Crippen LogP contribution in [0.4, 0.5) is 0 Å². The van der Waals surface area contributed by atoms with Gasteiger partial charge in [-0.25, -0.2) is 4.79 Å². The van der Waals surface area contributed by atoms with Crippen molar-refractivity contribution >= 4 is 11.9 Å². The summed E-state index contributed by atoms with van der Waals surface area (Å²) >= 11 is 0. The minimum atomic E-state index is -1.07. The molecule has 3 N–H and O–H groups in total. The lowest BCUT2D eigenvalue weighted by molar-refractivity contribution is -0.158. The molecule has 1 aliphatic rings. The van der Waals surface area contributed by atoms with E-state index in [1.807, 2.05) is 13.8 Å². The molecule has 1 aromatic rings. The Balaban J connectivity index is 2.36. The fourth-order valence-corrected chi connectivity index (χ4v) is 4.50. The molecular weight excluding hydrogens is 424 g/mol. The number of nitrogens with one attached hydrogen (secondary N) is 1. The van der Waals surface area contributed by atoms with E-state index in [9.17, 15) is 24.6 Å². The zero-order chi connectivity index (χ0) is 24.8. The van der Waals surface area contributed by atoms with Crippen molar-refractivity contribution in [3.05, 3.63) is 33.2 Å². The van der Waals surface area contributed by atoms with Crippen LogP contribution in [-0.4, -0.2) is 52.0 Å². The van der Waals surface area contributed by atoms with Gasteiger partial charge in [0.1, 0.15) is 17.7 Å². The molecule has 0 bridgehead atoms. The van der Waals surface area contributed by atoms with Crippen LogP contribution < -0.4 is 10.9 Å². The third-order valence-electron chi connectivity index (χ3n) is 6.43. The maximum absolute atomic E-state index is 13.4. The number of pyridine rings is 1. The maximum Gasteiger partial charge on any atom is 0.329 e. The monoisotopic (exact) mass is 464 g/mol. The van der Waals surface area contributed by atoms with Crippen LogP contribution in [0.15, 0.2) is 10.9 Å². The molecule has 0 saturated heterocycles. The summed E-state index contributed by atoms with van der Waals surface area (Å²) in [6.07, 6.45) is 5.34. The Kier molecular flexibility index (Phi) is 9.67. The normalized spacial score (nSPS) is 16.0. The Bertz CT molecular complexity index is 876. The van der Waals surface area contributed by atoms with E-state index in [0.717, 1.165) is 36.9 Å². The van der Waals surface area contributed by atoms with Crippen molar-refractivity contribution in [3.8, 4) is 0 Å². The smallest absolute Gasteiger partial charge is 0.329 e. The summed E-state index contributed by atoms with van der Waals surface area (Å²) < 4.78 is 6.90. The number of aliphatic hydroxyl groups excluding tert-OH is 2. The molecule has 186 valence electrons. The molecule has 1 unspecified atom stereocenters. The summed E-state index contributed by atoms with van der Waals surface area (Å²) in [6.45, 7) is 8.73. The number of rotatable bonds is 9. The summed E-state index contributed by atoms with van der Waals surface area (Å²) in [5.74, 6) is -0.983. The fraction of sp³-hybridized carbons (Fsp3) is 0.720. The maximum atomic E-state index is 13.4. The van der Waals surface area contributed by atoms with Crippen molar-refractivity contribution in [2.75, 3.05) is 13.2 Å². The number of amides is 1. The third-order valence-corrected chi connectivity index (χ3v) is 6.43. The molecule has 1 amide bonds. The highest BCUT2D eigenvalue weighted by Gasteiger charge is 2.36. The Hall–Kier alpha value is -2.19. The van der Waals surface area contributed by atoms with Crippen molar-refractivity contribution in [2.24, 2.45) is 11.3 Å². The SMILES string of the molecule is CCc1c(C)cc(C(=O)NC(C(=O)OC(CO)CO)C(C)(C)C)c(=O)n1CC1CCCCC1. The van der Waals surface area contributed by atoms with Crippen molar-refractivity contribution in [3.63, 3.8) is 0 Å². The van der Waals surface area contributed by atoms with Gasteiger partial charge in [-0.1, -0.05) is 47.0 Å². The van der Waals surface area contributed by atoms with Gasteiger partial charge in [0.15, 0.2) is 0 Å². The second-order valence-corrected chi connectivity index (χ2v) is 10.2. The number of nitrogens with zero attached hydrogens (tertiary/aromatic N) is 1. The molecule has 33 heavy (non-hydrogen) atoms. The van der Waals surface area contributed by atoms with Crippen LogP contribution in [0.3, 0.4) is 0 Å². The van der Waals surface area contributed by atoms with E-state index < -0.39 is 42.7 Å². The van der Waals surface area contributed by atoms with Gasteiger partial charge in [0.25, 0.3) is 11.5 Å². The highest BCUT2D eigenvalue weighted by Crippen LogP contribution is 2.26. The lowest BCUT2D eigenvalue weighted by Crippen LogP contribution is -2.52. The Morgan fingerprint density at radius 1 is 1.18 bits per heavy atom. The van der Waals surface area contributed by atoms with Gasteiger partial charge in [0, 0.05) is 12.2 Å². The lowest BCUT2D eigenvalue weighted by atomic mass is 9.86. The molecule has 1 heterocycles. The molecule has 1 aliphatic carbocycles. The van der Waals surface area contributed by atoms with Gasteiger partial charge < -0.3 is 24.8 Å². The number of hydrogen-bond donors (Lipinski definition) is 3. The third kappa shape index (κ3) is 6.90. The van der Waals surface area contributed by atoms with Crippen LogP contribution in [0, 0.1) is 18.3 Å². The van der Waals surface area contributed by atoms with Crippen LogP contribution in [0.2, 0.25) is 0 Å². The average Bonchev–Trinajstić information content (AvgIpc) is 2.77. The number of carbonyl (C=O) groups is 2. The molecule has 0 radical (unpaired) electrons. The molecule has 0 aliphatic heterocycles. The number of ether oxygens (including phenoxy) is 1. The lowest BCUT2D eigenvalue weighted by Gasteiger charge is -2.31. The molecule has 1 atom stereocenters. The van der Waals surface area contributed by atoms with E-state index in [4.69, 9.17) is 4.74 Å². The first kappa shape index (κ1) is 27.1. The van der Waals surface area contributed by atoms with Crippen molar-refractivity contribution < 1.29 is 24.5 Å². The van der Waals surface area contributed by atoms with E-state index in [1.54, 1.807) is 31.4 Å². The quantitative estimate of drug-likeness (QED) is 0.483. The fourth-order valence-electron chi connectivity index (χ4n) is 4.50. The molecule has 8 nitrogen and oxygen atoms in total. The van der Waals surface area contributed by atoms with Crippen molar-refractivity contribution in [1.82, 2.24) is 9.88 Å². The summed E-state index contributed by atoms with van der Waals surface area (Å²) in [5, 5.41) is 21.1. The minimum Gasteiger partial charge on any atom is -0.456 e. The summed E-state index contributed by atoms with van der Waals surface area (Å²) in [5.41, 5.74) is 0.742. The van der Waals surface area contributed by atoms with Crippen LogP contribution in [0.1, 0.15) is 81.4 Å². The molecular formula is C25H40N2O6. The number of carbonyl (C=O) groups excluding carboxylic acids is 2. The highest BCUT2D eigenvalue weighted by molar-refractivity contribution is 5.97. The highest BCUT2D eigenvalue weighted by atomic mass is 16.6. The molecule has 0 spiro atoms. The largest absolute Gasteiger partial charge is 0.456 e. The standard InChI is InChI=1S/C25H40N2O6/c1-6-20-16(2)12-19(23(31)27(20)13-17-10-8-7-9-11-17)22(30)26-21(25(3,4)5)24(32)33-18(14-28)15-29/h12,17-18,21,28-29H,6-11,13-15H2,1-5H3,(H,26,30). The Labute approximate surface area is 196 Å². The average molecular weight is 465 g/mol. The second kappa shape index (κ2) is 11.8. The zero-order valence-corrected chi connectivity index (χ0v) is 20.6. The van der Waals surface area contributed by atoms with E-state index in [1.165, 1.54) is 6.42 Å². The number of esters is 1. The molecule has 1 aromatic heterocycles. The van der Waals surface area contributed by atoms with Crippen LogP contribution in [0.5, 0.6) is 0 Å². The summed E-state index contributed by atoms with van der Waals surface area (Å²) in [6, 6.07) is 0.534. The minimum absolute atomic E-state index is 0.00317. The Morgan fingerprint density at radius 3 is 2.30 bits per heavy atom. The van der Waals surface area contributed by atoms with Crippen LogP contribution in [-0.2, 0) is 22.5 Å². The van der Waals surface area contributed by atoms with Crippen LogP contribution in [0.25, 0.3) is 0 Å².